The van der Waals surface area contributed by atoms with E-state index in [1.165, 1.54) is 16.9 Å². The molecule has 8 nitrogen and oxygen atoms in total. The lowest BCUT2D eigenvalue weighted by atomic mass is 10.1. The second-order valence-electron chi connectivity index (χ2n) is 7.89. The topological polar surface area (TPSA) is 90.2 Å². The van der Waals surface area contributed by atoms with Crippen LogP contribution >= 0.6 is 0 Å². The lowest BCUT2D eigenvalue weighted by molar-refractivity contribution is 0.266. The molecular weight excluding hydrogens is 426 g/mol. The second-order valence-corrected chi connectivity index (χ2v) is 9.87. The quantitative estimate of drug-likeness (QED) is 0.459. The van der Waals surface area contributed by atoms with Crippen LogP contribution in [0, 0.1) is 0 Å². The Balaban J connectivity index is 1.43. The molecular formula is C23H23N5O3S. The van der Waals surface area contributed by atoms with E-state index in [4.69, 9.17) is 9.84 Å². The van der Waals surface area contributed by atoms with Gasteiger partial charge in [0.15, 0.2) is 5.65 Å². The number of piperidine rings is 1. The average molecular weight is 450 g/mol. The van der Waals surface area contributed by atoms with Crippen LogP contribution in [0.2, 0.25) is 0 Å². The van der Waals surface area contributed by atoms with Crippen molar-refractivity contribution in [2.75, 3.05) is 19.3 Å². The van der Waals surface area contributed by atoms with Crippen LogP contribution in [-0.2, 0) is 10.0 Å². The molecule has 0 bridgehead atoms. The summed E-state index contributed by atoms with van der Waals surface area (Å²) in [5.41, 5.74) is 2.51. The Bertz CT molecular complexity index is 1330. The van der Waals surface area contributed by atoms with Crippen LogP contribution < -0.4 is 4.74 Å². The third-order valence-corrected chi connectivity index (χ3v) is 7.02. The van der Waals surface area contributed by atoms with Crippen LogP contribution in [0.5, 0.6) is 11.5 Å². The first-order chi connectivity index (χ1) is 15.5. The van der Waals surface area contributed by atoms with Crippen molar-refractivity contribution in [3.05, 3.63) is 67.1 Å². The van der Waals surface area contributed by atoms with Gasteiger partial charge in [0.2, 0.25) is 10.0 Å². The molecule has 3 heterocycles. The predicted octanol–water partition coefficient (Wildman–Crippen LogP) is 3.88. The van der Waals surface area contributed by atoms with E-state index >= 15 is 0 Å². The molecule has 0 amide bonds. The zero-order valence-electron chi connectivity index (χ0n) is 17.6. The molecule has 32 heavy (non-hydrogen) atoms. The highest BCUT2D eigenvalue weighted by Crippen LogP contribution is 2.33. The number of fused-ring (bicyclic) bond motifs is 1. The number of nitrogens with zero attached hydrogens (tertiary/aromatic N) is 5. The highest BCUT2D eigenvalue weighted by atomic mass is 32.2. The number of aromatic nitrogens is 4. The Labute approximate surface area is 186 Å². The van der Waals surface area contributed by atoms with Crippen LogP contribution in [-0.4, -0.2) is 51.8 Å². The van der Waals surface area contributed by atoms with E-state index in [-0.39, 0.29) is 6.04 Å². The molecule has 164 valence electrons. The Morgan fingerprint density at radius 1 is 0.969 bits per heavy atom. The van der Waals surface area contributed by atoms with E-state index < -0.39 is 10.0 Å². The monoisotopic (exact) mass is 449 g/mol. The highest BCUT2D eigenvalue weighted by molar-refractivity contribution is 7.88. The second kappa shape index (κ2) is 8.33. The van der Waals surface area contributed by atoms with Gasteiger partial charge in [-0.25, -0.2) is 27.4 Å². The summed E-state index contributed by atoms with van der Waals surface area (Å²) in [4.78, 5) is 8.68. The van der Waals surface area contributed by atoms with Gasteiger partial charge in [-0.3, -0.25) is 0 Å². The maximum Gasteiger partial charge on any atom is 0.211 e. The van der Waals surface area contributed by atoms with Gasteiger partial charge >= 0.3 is 0 Å². The number of hydrogen-bond donors (Lipinski definition) is 0. The van der Waals surface area contributed by atoms with Crippen molar-refractivity contribution in [3.8, 4) is 22.8 Å². The predicted molar refractivity (Wildman–Crippen MR) is 122 cm³/mol. The molecule has 2 aromatic heterocycles. The molecule has 0 spiro atoms. The van der Waals surface area contributed by atoms with Gasteiger partial charge in [0, 0.05) is 24.8 Å². The Morgan fingerprint density at radius 3 is 2.34 bits per heavy atom. The molecule has 1 fully saturated rings. The largest absolute Gasteiger partial charge is 0.457 e. The first-order valence-electron chi connectivity index (χ1n) is 10.5. The molecule has 0 radical (unpaired) electrons. The lowest BCUT2D eigenvalue weighted by Gasteiger charge is -2.30. The van der Waals surface area contributed by atoms with E-state index in [1.54, 1.807) is 6.20 Å². The van der Waals surface area contributed by atoms with Crippen LogP contribution in [0.1, 0.15) is 18.9 Å². The third kappa shape index (κ3) is 4.09. The molecule has 0 aliphatic carbocycles. The van der Waals surface area contributed by atoms with E-state index in [9.17, 15) is 8.42 Å². The van der Waals surface area contributed by atoms with Crippen molar-refractivity contribution in [2.24, 2.45) is 0 Å². The maximum atomic E-state index is 11.8. The summed E-state index contributed by atoms with van der Waals surface area (Å²) in [6.45, 7) is 0.966. The molecule has 0 N–H and O–H groups in total. The zero-order chi connectivity index (χ0) is 22.1. The van der Waals surface area contributed by atoms with Crippen molar-refractivity contribution in [3.63, 3.8) is 0 Å². The standard InChI is InChI=1S/C23H23N5O3S/c1-32(29,30)27-13-11-18(12-14-27)28-23-21(15-24-16-25-23)22(26-28)17-7-9-20(10-8-17)31-19-5-3-2-4-6-19/h2-10,15-16,18H,11-14H2,1H3. The summed E-state index contributed by atoms with van der Waals surface area (Å²) in [6.07, 6.45) is 5.94. The molecule has 2 aromatic carbocycles. The number of hydrogen-bond acceptors (Lipinski definition) is 6. The van der Waals surface area contributed by atoms with Gasteiger partial charge in [-0.2, -0.15) is 5.10 Å². The van der Waals surface area contributed by atoms with Gasteiger partial charge in [0.1, 0.15) is 23.5 Å². The summed E-state index contributed by atoms with van der Waals surface area (Å²) < 4.78 is 33.0. The van der Waals surface area contributed by atoms with Gasteiger partial charge in [-0.05, 0) is 49.2 Å². The molecule has 0 unspecified atom stereocenters. The van der Waals surface area contributed by atoms with Gasteiger partial charge in [0.05, 0.1) is 17.7 Å². The Hall–Kier alpha value is -3.30. The van der Waals surface area contributed by atoms with Crippen molar-refractivity contribution in [1.82, 2.24) is 24.1 Å². The van der Waals surface area contributed by atoms with Gasteiger partial charge in [-0.15, -0.1) is 0 Å². The number of benzene rings is 2. The van der Waals surface area contributed by atoms with E-state index in [1.807, 2.05) is 59.3 Å². The third-order valence-electron chi connectivity index (χ3n) is 5.72. The molecule has 0 atom stereocenters. The minimum atomic E-state index is -3.17. The molecule has 4 aromatic rings. The first-order valence-corrected chi connectivity index (χ1v) is 12.3. The highest BCUT2D eigenvalue weighted by Gasteiger charge is 2.28. The molecule has 1 aliphatic heterocycles. The number of sulfonamides is 1. The van der Waals surface area contributed by atoms with E-state index in [0.29, 0.717) is 25.9 Å². The lowest BCUT2D eigenvalue weighted by Crippen LogP contribution is -2.38. The van der Waals surface area contributed by atoms with Crippen molar-refractivity contribution in [2.45, 2.75) is 18.9 Å². The van der Waals surface area contributed by atoms with Crippen LogP contribution in [0.15, 0.2) is 67.1 Å². The summed E-state index contributed by atoms with van der Waals surface area (Å²) in [6, 6.07) is 17.5. The van der Waals surface area contributed by atoms with Crippen LogP contribution in [0.3, 0.4) is 0 Å². The number of para-hydroxylation sites is 1. The summed E-state index contributed by atoms with van der Waals surface area (Å²) in [7, 11) is -3.17. The Morgan fingerprint density at radius 2 is 1.66 bits per heavy atom. The maximum absolute atomic E-state index is 11.8. The average Bonchev–Trinajstić information content (AvgIpc) is 3.20. The number of ether oxygens (including phenoxy) is 1. The smallest absolute Gasteiger partial charge is 0.211 e. The van der Waals surface area contributed by atoms with Gasteiger partial charge < -0.3 is 4.74 Å². The number of rotatable bonds is 5. The van der Waals surface area contributed by atoms with Crippen molar-refractivity contribution in [1.29, 1.82) is 0 Å². The van der Waals surface area contributed by atoms with E-state index in [2.05, 4.69) is 9.97 Å². The van der Waals surface area contributed by atoms with Crippen molar-refractivity contribution < 1.29 is 13.2 Å². The fraction of sp³-hybridized carbons (Fsp3) is 0.261. The minimum Gasteiger partial charge on any atom is -0.457 e. The zero-order valence-corrected chi connectivity index (χ0v) is 18.4. The Kier molecular flexibility index (Phi) is 5.36. The van der Waals surface area contributed by atoms with E-state index in [0.717, 1.165) is 33.8 Å². The van der Waals surface area contributed by atoms with Crippen LogP contribution in [0.4, 0.5) is 0 Å². The summed E-state index contributed by atoms with van der Waals surface area (Å²) in [5.74, 6) is 1.52. The molecule has 1 aliphatic rings. The fourth-order valence-corrected chi connectivity index (χ4v) is 4.95. The van der Waals surface area contributed by atoms with Gasteiger partial charge in [0.25, 0.3) is 0 Å². The summed E-state index contributed by atoms with van der Waals surface area (Å²) >= 11 is 0. The minimum absolute atomic E-state index is 0.0832. The SMILES string of the molecule is CS(=O)(=O)N1CCC(n2nc(-c3ccc(Oc4ccccc4)cc3)c3cncnc32)CC1. The normalized spacial score (nSPS) is 15.8. The van der Waals surface area contributed by atoms with Crippen LogP contribution in [0.25, 0.3) is 22.3 Å². The van der Waals surface area contributed by atoms with Crippen molar-refractivity contribution >= 4 is 21.1 Å². The summed E-state index contributed by atoms with van der Waals surface area (Å²) in [5, 5.41) is 5.76. The molecule has 0 saturated carbocycles. The molecule has 9 heteroatoms. The van der Waals surface area contributed by atoms with Gasteiger partial charge in [-0.1, -0.05) is 18.2 Å². The fourth-order valence-electron chi connectivity index (χ4n) is 4.07. The molecule has 1 saturated heterocycles. The first kappa shape index (κ1) is 20.6. The molecule has 5 rings (SSSR count).